The van der Waals surface area contributed by atoms with Crippen molar-refractivity contribution in [1.29, 1.82) is 0 Å². The molecule has 0 spiro atoms. The highest BCUT2D eigenvalue weighted by Crippen LogP contribution is 2.27. The Morgan fingerprint density at radius 1 is 1.12 bits per heavy atom. The molecule has 0 unspecified atom stereocenters. The number of hydrogen-bond acceptors (Lipinski definition) is 1. The van der Waals surface area contributed by atoms with Gasteiger partial charge in [-0.3, -0.25) is 0 Å². The molecule has 2 rings (SSSR count). The monoisotopic (exact) mass is 228 g/mol. The fourth-order valence-electron chi connectivity index (χ4n) is 2.32. The lowest BCUT2D eigenvalue weighted by Gasteiger charge is -2.26. The first kappa shape index (κ1) is 12.2. The molecule has 1 aliphatic rings. The van der Waals surface area contributed by atoms with Crippen LogP contribution in [0.25, 0.3) is 0 Å². The zero-order valence-corrected chi connectivity index (χ0v) is 10.7. The molecule has 1 aromatic rings. The van der Waals surface area contributed by atoms with Gasteiger partial charge in [-0.15, -0.1) is 0 Å². The minimum Gasteiger partial charge on any atom is -0.378 e. The van der Waals surface area contributed by atoms with Crippen molar-refractivity contribution in [2.24, 2.45) is 0 Å². The van der Waals surface area contributed by atoms with E-state index in [0.29, 0.717) is 0 Å². The zero-order chi connectivity index (χ0) is 12.3. The van der Waals surface area contributed by atoms with Crippen molar-refractivity contribution in [1.82, 2.24) is 0 Å². The van der Waals surface area contributed by atoms with Crippen molar-refractivity contribution in [2.75, 3.05) is 0 Å². The molecule has 90 valence electrons. The lowest BCUT2D eigenvalue weighted by molar-refractivity contribution is 0.0610. The van der Waals surface area contributed by atoms with E-state index in [4.69, 9.17) is 0 Å². The van der Waals surface area contributed by atoms with Gasteiger partial charge in [0.1, 0.15) is 5.60 Å². The van der Waals surface area contributed by atoms with Gasteiger partial charge in [0.15, 0.2) is 0 Å². The van der Waals surface area contributed by atoms with E-state index in [1.54, 1.807) is 0 Å². The Balaban J connectivity index is 2.22. The topological polar surface area (TPSA) is 20.2 Å². The van der Waals surface area contributed by atoms with Gasteiger partial charge in [0.2, 0.25) is 0 Å². The van der Waals surface area contributed by atoms with E-state index in [-0.39, 0.29) is 0 Å². The largest absolute Gasteiger partial charge is 0.378 e. The molecule has 0 aliphatic heterocycles. The summed E-state index contributed by atoms with van der Waals surface area (Å²) >= 11 is 0. The maximum absolute atomic E-state index is 10.3. The smallest absolute Gasteiger partial charge is 0.125 e. The summed E-state index contributed by atoms with van der Waals surface area (Å²) in [7, 11) is 0. The third kappa shape index (κ3) is 3.11. The van der Waals surface area contributed by atoms with Crippen molar-refractivity contribution in [3.63, 3.8) is 0 Å². The number of aryl methyl sites for hydroxylation is 2. The van der Waals surface area contributed by atoms with E-state index in [0.717, 1.165) is 31.2 Å². The predicted octanol–water partition coefficient (Wildman–Crippen LogP) is 3.35. The highest BCUT2D eigenvalue weighted by molar-refractivity contribution is 5.44. The molecule has 1 nitrogen and oxygen atoms in total. The molecule has 0 saturated heterocycles. The molecular weight excluding hydrogens is 208 g/mol. The Hall–Kier alpha value is -1.26. The van der Waals surface area contributed by atoms with Crippen molar-refractivity contribution in [2.45, 2.75) is 51.6 Å². The fraction of sp³-hybridized carbons (Fsp3) is 0.500. The second-order valence-corrected chi connectivity index (χ2v) is 5.16. The summed E-state index contributed by atoms with van der Waals surface area (Å²) in [6.07, 6.45) is 5.07. The summed E-state index contributed by atoms with van der Waals surface area (Å²) in [5, 5.41) is 10.3. The van der Waals surface area contributed by atoms with Crippen LogP contribution in [0.2, 0.25) is 0 Å². The summed E-state index contributed by atoms with van der Waals surface area (Å²) in [5.74, 6) is 6.25. The lowest BCUT2D eigenvalue weighted by Crippen LogP contribution is -2.29. The Morgan fingerprint density at radius 2 is 1.82 bits per heavy atom. The number of rotatable bonds is 0. The van der Waals surface area contributed by atoms with Crippen molar-refractivity contribution < 1.29 is 5.11 Å². The van der Waals surface area contributed by atoms with Crippen molar-refractivity contribution in [3.05, 3.63) is 34.9 Å². The Morgan fingerprint density at radius 3 is 2.53 bits per heavy atom. The molecule has 1 fully saturated rings. The van der Waals surface area contributed by atoms with E-state index >= 15 is 0 Å². The second-order valence-electron chi connectivity index (χ2n) is 5.16. The van der Waals surface area contributed by atoms with Crippen LogP contribution in [0.15, 0.2) is 18.2 Å². The molecular formula is C16H20O. The molecule has 1 saturated carbocycles. The average Bonchev–Trinajstić information content (AvgIpc) is 2.31. The van der Waals surface area contributed by atoms with Crippen LogP contribution in [0, 0.1) is 25.7 Å². The normalized spacial score (nSPS) is 18.3. The molecule has 0 aromatic heterocycles. The van der Waals surface area contributed by atoms with Crippen LogP contribution in [-0.4, -0.2) is 10.7 Å². The van der Waals surface area contributed by atoms with Crippen molar-refractivity contribution in [3.8, 4) is 11.8 Å². The third-order valence-corrected chi connectivity index (χ3v) is 3.50. The van der Waals surface area contributed by atoms with Gasteiger partial charge in [-0.25, -0.2) is 0 Å². The Bertz CT molecular complexity index is 456. The average molecular weight is 228 g/mol. The van der Waals surface area contributed by atoms with Gasteiger partial charge in [0.05, 0.1) is 0 Å². The van der Waals surface area contributed by atoms with Gasteiger partial charge in [-0.2, -0.15) is 0 Å². The molecule has 0 heterocycles. The summed E-state index contributed by atoms with van der Waals surface area (Å²) in [6.45, 7) is 4.13. The summed E-state index contributed by atoms with van der Waals surface area (Å²) in [6, 6.07) is 6.27. The molecule has 0 radical (unpaired) electrons. The molecule has 1 heteroatoms. The van der Waals surface area contributed by atoms with Crippen LogP contribution < -0.4 is 0 Å². The molecule has 1 aliphatic carbocycles. The van der Waals surface area contributed by atoms with Crippen LogP contribution in [0.1, 0.15) is 48.8 Å². The van der Waals surface area contributed by atoms with Crippen molar-refractivity contribution >= 4 is 0 Å². The number of benzene rings is 1. The van der Waals surface area contributed by atoms with E-state index in [1.165, 1.54) is 17.5 Å². The maximum Gasteiger partial charge on any atom is 0.125 e. The molecule has 0 atom stereocenters. The van der Waals surface area contributed by atoms with E-state index in [1.807, 2.05) is 0 Å². The Labute approximate surface area is 104 Å². The minimum atomic E-state index is -0.742. The first-order valence-electron chi connectivity index (χ1n) is 6.42. The minimum absolute atomic E-state index is 0.742. The van der Waals surface area contributed by atoms with E-state index < -0.39 is 5.60 Å². The van der Waals surface area contributed by atoms with Crippen LogP contribution in [0.5, 0.6) is 0 Å². The number of aliphatic hydroxyl groups is 1. The van der Waals surface area contributed by atoms with Crippen LogP contribution in [0.3, 0.4) is 0 Å². The summed E-state index contributed by atoms with van der Waals surface area (Å²) < 4.78 is 0. The molecule has 1 N–H and O–H groups in total. The quantitative estimate of drug-likeness (QED) is 0.675. The second kappa shape index (κ2) is 4.94. The summed E-state index contributed by atoms with van der Waals surface area (Å²) in [5.41, 5.74) is 2.70. The van der Waals surface area contributed by atoms with Gasteiger partial charge in [-0.1, -0.05) is 30.4 Å². The van der Waals surface area contributed by atoms with Gasteiger partial charge in [-0.05, 0) is 56.7 Å². The highest BCUT2D eigenvalue weighted by atomic mass is 16.3. The fourth-order valence-corrected chi connectivity index (χ4v) is 2.32. The third-order valence-electron chi connectivity index (χ3n) is 3.50. The van der Waals surface area contributed by atoms with Crippen LogP contribution in [-0.2, 0) is 0 Å². The first-order chi connectivity index (χ1) is 8.09. The first-order valence-corrected chi connectivity index (χ1v) is 6.42. The van der Waals surface area contributed by atoms with Gasteiger partial charge in [0, 0.05) is 5.56 Å². The molecule has 1 aromatic carbocycles. The molecule has 0 bridgehead atoms. The van der Waals surface area contributed by atoms with E-state index in [9.17, 15) is 5.11 Å². The molecule has 0 amide bonds. The standard InChI is InChI=1S/C16H20O/c1-13-6-7-14(2)15(12-13)8-11-16(17)9-4-3-5-10-16/h6-7,12,17H,3-5,9-10H2,1-2H3. The van der Waals surface area contributed by atoms with Gasteiger partial charge < -0.3 is 5.11 Å². The highest BCUT2D eigenvalue weighted by Gasteiger charge is 2.26. The van der Waals surface area contributed by atoms with Gasteiger partial charge >= 0.3 is 0 Å². The van der Waals surface area contributed by atoms with Gasteiger partial charge in [0.25, 0.3) is 0 Å². The van der Waals surface area contributed by atoms with Crippen LogP contribution >= 0.6 is 0 Å². The number of hydrogen-bond donors (Lipinski definition) is 1. The summed E-state index contributed by atoms with van der Waals surface area (Å²) in [4.78, 5) is 0. The SMILES string of the molecule is Cc1ccc(C)c(C#CC2(O)CCCCC2)c1. The Kier molecular flexibility index (Phi) is 3.54. The zero-order valence-electron chi connectivity index (χ0n) is 10.7. The van der Waals surface area contributed by atoms with Crippen LogP contribution in [0.4, 0.5) is 0 Å². The maximum atomic E-state index is 10.3. The van der Waals surface area contributed by atoms with E-state index in [2.05, 4.69) is 43.9 Å². The molecule has 17 heavy (non-hydrogen) atoms. The lowest BCUT2D eigenvalue weighted by atomic mass is 9.85. The predicted molar refractivity (Wildman–Crippen MR) is 70.8 cm³/mol.